The van der Waals surface area contributed by atoms with Crippen molar-refractivity contribution >= 4 is 17.3 Å². The van der Waals surface area contributed by atoms with E-state index < -0.39 is 0 Å². The number of fused-ring (bicyclic) bond motifs is 3. The SMILES string of the molecule is O=C1CN2c3c(cccc3C3CN(CCCOc4ccc(F)cc4)CC[C@@H]32)N1. The number of hydrogen-bond donors (Lipinski definition) is 1. The van der Waals surface area contributed by atoms with E-state index in [-0.39, 0.29) is 11.7 Å². The summed E-state index contributed by atoms with van der Waals surface area (Å²) in [6.07, 6.45) is 2.01. The van der Waals surface area contributed by atoms with Gasteiger partial charge < -0.3 is 19.9 Å². The summed E-state index contributed by atoms with van der Waals surface area (Å²) in [5.41, 5.74) is 3.57. The summed E-state index contributed by atoms with van der Waals surface area (Å²) in [5, 5.41) is 3.02. The lowest BCUT2D eigenvalue weighted by atomic mass is 9.89. The van der Waals surface area contributed by atoms with Gasteiger partial charge in [0.1, 0.15) is 11.6 Å². The number of ether oxygens (including phenoxy) is 1. The van der Waals surface area contributed by atoms with Gasteiger partial charge in [0, 0.05) is 31.6 Å². The van der Waals surface area contributed by atoms with Gasteiger partial charge in [-0.15, -0.1) is 0 Å². The van der Waals surface area contributed by atoms with E-state index in [1.165, 1.54) is 23.4 Å². The first kappa shape index (κ1) is 17.5. The molecule has 0 aromatic heterocycles. The van der Waals surface area contributed by atoms with Crippen LogP contribution in [0.3, 0.4) is 0 Å². The highest BCUT2D eigenvalue weighted by molar-refractivity contribution is 6.03. The zero-order chi connectivity index (χ0) is 19.1. The summed E-state index contributed by atoms with van der Waals surface area (Å²) in [4.78, 5) is 16.9. The van der Waals surface area contributed by atoms with E-state index in [1.807, 2.05) is 6.07 Å². The minimum Gasteiger partial charge on any atom is -0.494 e. The van der Waals surface area contributed by atoms with Gasteiger partial charge in [0.25, 0.3) is 0 Å². The Morgan fingerprint density at radius 3 is 2.89 bits per heavy atom. The monoisotopic (exact) mass is 381 g/mol. The van der Waals surface area contributed by atoms with E-state index in [0.29, 0.717) is 30.9 Å². The Bertz CT molecular complexity index is 886. The second kappa shape index (κ2) is 7.09. The second-order valence-electron chi connectivity index (χ2n) is 7.84. The standard InChI is InChI=1S/C22H24FN3O2/c23-15-5-7-16(8-6-15)28-12-2-10-25-11-9-20-18(13-25)17-3-1-4-19-22(17)26(20)14-21(27)24-19/h1,3-8,18,20H,2,9-14H2,(H,24,27)/t18?,20-/m0/s1. The van der Waals surface area contributed by atoms with Crippen LogP contribution in [-0.4, -0.2) is 49.6 Å². The number of nitrogens with one attached hydrogen (secondary N) is 1. The number of halogens is 1. The number of likely N-dealkylation sites (tertiary alicyclic amines) is 1. The Hall–Kier alpha value is -2.60. The molecule has 1 fully saturated rings. The Labute approximate surface area is 164 Å². The zero-order valence-electron chi connectivity index (χ0n) is 15.7. The first-order valence-corrected chi connectivity index (χ1v) is 9.99. The third-order valence-electron chi connectivity index (χ3n) is 6.10. The minimum absolute atomic E-state index is 0.0886. The van der Waals surface area contributed by atoms with Gasteiger partial charge in [-0.2, -0.15) is 0 Å². The van der Waals surface area contributed by atoms with Crippen molar-refractivity contribution in [2.24, 2.45) is 0 Å². The summed E-state index contributed by atoms with van der Waals surface area (Å²) in [7, 11) is 0. The van der Waals surface area contributed by atoms with Gasteiger partial charge in [0.05, 0.1) is 24.5 Å². The fourth-order valence-corrected chi connectivity index (χ4v) is 4.89. The predicted molar refractivity (Wildman–Crippen MR) is 107 cm³/mol. The van der Waals surface area contributed by atoms with Gasteiger partial charge in [0.15, 0.2) is 0 Å². The summed E-state index contributed by atoms with van der Waals surface area (Å²) >= 11 is 0. The lowest BCUT2D eigenvalue weighted by Gasteiger charge is -2.39. The van der Waals surface area contributed by atoms with Crippen LogP contribution in [0.15, 0.2) is 42.5 Å². The van der Waals surface area contributed by atoms with Crippen LogP contribution in [-0.2, 0) is 4.79 Å². The number of nitrogens with zero attached hydrogens (tertiary/aromatic N) is 2. The summed E-state index contributed by atoms with van der Waals surface area (Å²) in [6.45, 7) is 4.14. The van der Waals surface area contributed by atoms with Crippen molar-refractivity contribution in [3.8, 4) is 5.75 Å². The molecule has 0 radical (unpaired) electrons. The third-order valence-corrected chi connectivity index (χ3v) is 6.10. The van der Waals surface area contributed by atoms with Crippen LogP contribution in [0, 0.1) is 5.82 Å². The highest BCUT2D eigenvalue weighted by Gasteiger charge is 2.44. The molecule has 0 spiro atoms. The molecular formula is C22H24FN3O2. The molecule has 1 amide bonds. The van der Waals surface area contributed by atoms with Crippen LogP contribution in [0.4, 0.5) is 15.8 Å². The normalized spacial score (nSPS) is 23.2. The zero-order valence-corrected chi connectivity index (χ0v) is 15.7. The summed E-state index contributed by atoms with van der Waals surface area (Å²) in [5.74, 6) is 1.01. The first-order chi connectivity index (χ1) is 13.7. The van der Waals surface area contributed by atoms with Crippen LogP contribution >= 0.6 is 0 Å². The van der Waals surface area contributed by atoms with Gasteiger partial charge in [-0.25, -0.2) is 4.39 Å². The van der Waals surface area contributed by atoms with E-state index in [1.54, 1.807) is 12.1 Å². The van der Waals surface area contributed by atoms with Gasteiger partial charge in [-0.3, -0.25) is 4.79 Å². The topological polar surface area (TPSA) is 44.8 Å². The molecule has 5 nitrogen and oxygen atoms in total. The number of para-hydroxylation sites is 1. The molecule has 2 aromatic carbocycles. The molecule has 1 saturated heterocycles. The lowest BCUT2D eigenvalue weighted by molar-refractivity contribution is -0.115. The lowest BCUT2D eigenvalue weighted by Crippen LogP contribution is -2.49. The summed E-state index contributed by atoms with van der Waals surface area (Å²) in [6, 6.07) is 12.9. The van der Waals surface area contributed by atoms with Crippen molar-refractivity contribution in [3.05, 3.63) is 53.8 Å². The van der Waals surface area contributed by atoms with Crippen molar-refractivity contribution in [3.63, 3.8) is 0 Å². The van der Waals surface area contributed by atoms with Crippen molar-refractivity contribution in [1.29, 1.82) is 0 Å². The average molecular weight is 381 g/mol. The smallest absolute Gasteiger partial charge is 0.243 e. The van der Waals surface area contributed by atoms with Gasteiger partial charge in [0.2, 0.25) is 5.91 Å². The first-order valence-electron chi connectivity index (χ1n) is 9.99. The molecule has 28 heavy (non-hydrogen) atoms. The number of piperidine rings is 1. The molecule has 3 aliphatic heterocycles. The van der Waals surface area contributed by atoms with E-state index >= 15 is 0 Å². The highest BCUT2D eigenvalue weighted by atomic mass is 19.1. The number of hydrogen-bond acceptors (Lipinski definition) is 4. The van der Waals surface area contributed by atoms with E-state index in [2.05, 4.69) is 27.2 Å². The van der Waals surface area contributed by atoms with Gasteiger partial charge >= 0.3 is 0 Å². The molecule has 6 heteroatoms. The van der Waals surface area contributed by atoms with E-state index in [0.717, 1.165) is 38.2 Å². The van der Waals surface area contributed by atoms with Crippen LogP contribution in [0.25, 0.3) is 0 Å². The maximum Gasteiger partial charge on any atom is 0.243 e. The molecule has 3 heterocycles. The van der Waals surface area contributed by atoms with E-state index in [4.69, 9.17) is 4.74 Å². The van der Waals surface area contributed by atoms with Crippen molar-refractivity contribution in [2.45, 2.75) is 24.8 Å². The Morgan fingerprint density at radius 2 is 2.04 bits per heavy atom. The Kier molecular flexibility index (Phi) is 4.43. The predicted octanol–water partition coefficient (Wildman–Crippen LogP) is 3.22. The summed E-state index contributed by atoms with van der Waals surface area (Å²) < 4.78 is 18.7. The minimum atomic E-state index is -0.245. The molecule has 2 aromatic rings. The molecule has 1 unspecified atom stereocenters. The number of amides is 1. The quantitative estimate of drug-likeness (QED) is 0.808. The van der Waals surface area contributed by atoms with Gasteiger partial charge in [-0.1, -0.05) is 12.1 Å². The third kappa shape index (κ3) is 3.11. The Morgan fingerprint density at radius 1 is 1.18 bits per heavy atom. The van der Waals surface area contributed by atoms with Crippen LogP contribution < -0.4 is 15.0 Å². The van der Waals surface area contributed by atoms with Crippen LogP contribution in [0.1, 0.15) is 24.3 Å². The number of anilines is 2. The molecule has 2 atom stereocenters. The van der Waals surface area contributed by atoms with Gasteiger partial charge in [-0.05, 0) is 48.7 Å². The highest BCUT2D eigenvalue weighted by Crippen LogP contribution is 2.49. The van der Waals surface area contributed by atoms with Crippen LogP contribution in [0.2, 0.25) is 0 Å². The number of rotatable bonds is 5. The molecule has 0 saturated carbocycles. The fourth-order valence-electron chi connectivity index (χ4n) is 4.89. The number of carbonyl (C=O) groups is 1. The molecule has 3 aliphatic rings. The Balaban J connectivity index is 1.20. The second-order valence-corrected chi connectivity index (χ2v) is 7.84. The maximum atomic E-state index is 12.9. The van der Waals surface area contributed by atoms with Crippen molar-refractivity contribution < 1.29 is 13.9 Å². The number of carbonyl (C=O) groups excluding carboxylic acids is 1. The fraction of sp³-hybridized carbons (Fsp3) is 0.409. The molecule has 5 rings (SSSR count). The molecule has 146 valence electrons. The van der Waals surface area contributed by atoms with Crippen LogP contribution in [0.5, 0.6) is 5.75 Å². The largest absolute Gasteiger partial charge is 0.494 e. The molecule has 0 aliphatic carbocycles. The molecule has 1 N–H and O–H groups in total. The van der Waals surface area contributed by atoms with E-state index in [9.17, 15) is 9.18 Å². The van der Waals surface area contributed by atoms with Crippen molar-refractivity contribution in [1.82, 2.24) is 4.90 Å². The van der Waals surface area contributed by atoms with Crippen molar-refractivity contribution in [2.75, 3.05) is 43.0 Å². The number of benzene rings is 2. The maximum absolute atomic E-state index is 12.9. The average Bonchev–Trinajstić information content (AvgIpc) is 3.01. The molecule has 0 bridgehead atoms. The molecular weight excluding hydrogens is 357 g/mol.